The zero-order valence-corrected chi connectivity index (χ0v) is 21.7. The van der Waals surface area contributed by atoms with E-state index in [-0.39, 0.29) is 0 Å². The minimum absolute atomic E-state index is 0.404. The molecule has 0 atom stereocenters. The summed E-state index contributed by atoms with van der Waals surface area (Å²) in [5.41, 5.74) is 9.20. The standard InChI is InChI=1S/C28H32BrN3/c1-17(2)22-12-9-13-23(18(3)4)28(22)31-21(7)26-16-10-15-25(32-26)20(6)30-27-19(5)11-8-14-24(27)29/h8-18H,1-7H3/b30-20+,31-21+. The van der Waals surface area contributed by atoms with Gasteiger partial charge in [-0.25, -0.2) is 4.98 Å². The van der Waals surface area contributed by atoms with Crippen molar-refractivity contribution in [3.63, 3.8) is 0 Å². The lowest BCUT2D eigenvalue weighted by Gasteiger charge is -2.17. The summed E-state index contributed by atoms with van der Waals surface area (Å²) >= 11 is 3.61. The third kappa shape index (κ3) is 5.42. The first kappa shape index (κ1) is 24.1. The Morgan fingerprint density at radius 2 is 1.19 bits per heavy atom. The number of hydrogen-bond donors (Lipinski definition) is 0. The number of para-hydroxylation sites is 2. The number of aromatic nitrogens is 1. The van der Waals surface area contributed by atoms with Crippen LogP contribution in [0.3, 0.4) is 0 Å². The molecule has 0 radical (unpaired) electrons. The molecule has 166 valence electrons. The minimum atomic E-state index is 0.404. The highest BCUT2D eigenvalue weighted by Gasteiger charge is 2.14. The first-order valence-electron chi connectivity index (χ1n) is 11.1. The molecule has 0 unspecified atom stereocenters. The van der Waals surface area contributed by atoms with Gasteiger partial charge in [-0.05, 0) is 83.4 Å². The Hall–Kier alpha value is -2.59. The normalized spacial score (nSPS) is 12.7. The Morgan fingerprint density at radius 3 is 1.69 bits per heavy atom. The maximum atomic E-state index is 5.09. The first-order valence-corrected chi connectivity index (χ1v) is 11.9. The average molecular weight is 490 g/mol. The second kappa shape index (κ2) is 10.4. The molecular weight excluding hydrogens is 458 g/mol. The van der Waals surface area contributed by atoms with Crippen LogP contribution < -0.4 is 0 Å². The lowest BCUT2D eigenvalue weighted by molar-refractivity contribution is 0.834. The second-order valence-electron chi connectivity index (χ2n) is 8.80. The summed E-state index contributed by atoms with van der Waals surface area (Å²) in [5.74, 6) is 0.808. The quantitative estimate of drug-likeness (QED) is 0.319. The number of rotatable bonds is 6. The van der Waals surface area contributed by atoms with Gasteiger partial charge in [0.2, 0.25) is 0 Å². The fourth-order valence-electron chi connectivity index (χ4n) is 3.69. The number of pyridine rings is 1. The van der Waals surface area contributed by atoms with Crippen molar-refractivity contribution in [3.8, 4) is 0 Å². The third-order valence-electron chi connectivity index (χ3n) is 5.58. The van der Waals surface area contributed by atoms with Gasteiger partial charge in [-0.2, -0.15) is 0 Å². The minimum Gasteiger partial charge on any atom is -0.251 e. The molecule has 4 heteroatoms. The second-order valence-corrected chi connectivity index (χ2v) is 9.66. The van der Waals surface area contributed by atoms with Crippen LogP contribution in [-0.4, -0.2) is 16.4 Å². The molecule has 0 saturated carbocycles. The monoisotopic (exact) mass is 489 g/mol. The van der Waals surface area contributed by atoms with Gasteiger partial charge in [0.05, 0.1) is 34.2 Å². The maximum absolute atomic E-state index is 5.09. The van der Waals surface area contributed by atoms with Crippen LogP contribution >= 0.6 is 15.9 Å². The van der Waals surface area contributed by atoms with Crippen LogP contribution in [0.5, 0.6) is 0 Å². The van der Waals surface area contributed by atoms with Gasteiger partial charge < -0.3 is 0 Å². The molecule has 0 bridgehead atoms. The molecule has 0 aliphatic carbocycles. The van der Waals surface area contributed by atoms with E-state index >= 15 is 0 Å². The molecule has 32 heavy (non-hydrogen) atoms. The van der Waals surface area contributed by atoms with Crippen LogP contribution in [0.2, 0.25) is 0 Å². The van der Waals surface area contributed by atoms with Gasteiger partial charge in [0.25, 0.3) is 0 Å². The Bertz CT molecular complexity index is 1130. The summed E-state index contributed by atoms with van der Waals surface area (Å²) in [6.45, 7) is 15.0. The van der Waals surface area contributed by atoms with Gasteiger partial charge in [-0.1, -0.05) is 64.1 Å². The van der Waals surface area contributed by atoms with Crippen molar-refractivity contribution in [1.82, 2.24) is 4.98 Å². The van der Waals surface area contributed by atoms with E-state index in [9.17, 15) is 0 Å². The van der Waals surface area contributed by atoms with Crippen LogP contribution in [0, 0.1) is 6.92 Å². The molecule has 0 N–H and O–H groups in total. The van der Waals surface area contributed by atoms with Crippen molar-refractivity contribution in [2.45, 2.75) is 60.3 Å². The third-order valence-corrected chi connectivity index (χ3v) is 6.22. The van der Waals surface area contributed by atoms with Crippen molar-refractivity contribution in [3.05, 3.63) is 87.1 Å². The maximum Gasteiger partial charge on any atom is 0.0849 e. The number of nitrogens with zero attached hydrogens (tertiary/aromatic N) is 3. The Balaban J connectivity index is 2.04. The smallest absolute Gasteiger partial charge is 0.0849 e. The van der Waals surface area contributed by atoms with Gasteiger partial charge in [0.1, 0.15) is 0 Å². The lowest BCUT2D eigenvalue weighted by atomic mass is 9.93. The van der Waals surface area contributed by atoms with E-state index in [0.717, 1.165) is 44.2 Å². The van der Waals surface area contributed by atoms with Gasteiger partial charge in [-0.3, -0.25) is 9.98 Å². The number of hydrogen-bond acceptors (Lipinski definition) is 3. The van der Waals surface area contributed by atoms with Crippen LogP contribution in [0.1, 0.15) is 81.5 Å². The Morgan fingerprint density at radius 1 is 0.719 bits per heavy atom. The molecule has 0 aliphatic heterocycles. The zero-order valence-electron chi connectivity index (χ0n) is 20.1. The van der Waals surface area contributed by atoms with E-state index in [1.54, 1.807) is 0 Å². The largest absolute Gasteiger partial charge is 0.251 e. The number of aliphatic imine (C=N–C) groups is 2. The van der Waals surface area contributed by atoms with Gasteiger partial charge in [0.15, 0.2) is 0 Å². The Kier molecular flexibility index (Phi) is 7.78. The summed E-state index contributed by atoms with van der Waals surface area (Å²) < 4.78 is 0.984. The average Bonchev–Trinajstić information content (AvgIpc) is 2.76. The molecule has 0 spiro atoms. The van der Waals surface area contributed by atoms with E-state index in [0.29, 0.717) is 11.8 Å². The van der Waals surface area contributed by atoms with Crippen molar-refractivity contribution in [2.75, 3.05) is 0 Å². The van der Waals surface area contributed by atoms with Crippen LogP contribution in [0.15, 0.2) is 69.1 Å². The van der Waals surface area contributed by atoms with E-state index in [2.05, 4.69) is 74.8 Å². The molecule has 3 rings (SSSR count). The topological polar surface area (TPSA) is 37.6 Å². The van der Waals surface area contributed by atoms with Crippen LogP contribution in [0.4, 0.5) is 11.4 Å². The number of benzene rings is 2. The summed E-state index contributed by atoms with van der Waals surface area (Å²) in [4.78, 5) is 14.8. The predicted octanol–water partition coefficient (Wildman–Crippen LogP) is 8.68. The Labute approximate surface area is 200 Å². The highest BCUT2D eigenvalue weighted by atomic mass is 79.9. The molecule has 1 aromatic heterocycles. The molecule has 3 nitrogen and oxygen atoms in total. The summed E-state index contributed by atoms with van der Waals surface area (Å²) in [5, 5.41) is 0. The molecule has 3 aromatic rings. The highest BCUT2D eigenvalue weighted by molar-refractivity contribution is 9.10. The number of halogens is 1. The number of aryl methyl sites for hydroxylation is 1. The molecule has 0 fully saturated rings. The van der Waals surface area contributed by atoms with E-state index in [1.807, 2.05) is 44.2 Å². The van der Waals surface area contributed by atoms with Gasteiger partial charge in [-0.15, -0.1) is 0 Å². The zero-order chi connectivity index (χ0) is 23.4. The van der Waals surface area contributed by atoms with Crippen molar-refractivity contribution in [1.29, 1.82) is 0 Å². The summed E-state index contributed by atoms with van der Waals surface area (Å²) in [7, 11) is 0. The first-order chi connectivity index (χ1) is 15.2. The summed E-state index contributed by atoms with van der Waals surface area (Å²) in [6.07, 6.45) is 0. The van der Waals surface area contributed by atoms with Gasteiger partial charge in [0, 0.05) is 4.47 Å². The molecule has 1 heterocycles. The van der Waals surface area contributed by atoms with E-state index < -0.39 is 0 Å². The molecular formula is C28H32BrN3. The fourth-order valence-corrected chi connectivity index (χ4v) is 4.25. The highest BCUT2D eigenvalue weighted by Crippen LogP contribution is 2.35. The predicted molar refractivity (Wildman–Crippen MR) is 141 cm³/mol. The fraction of sp³-hybridized carbons (Fsp3) is 0.321. The molecule has 2 aromatic carbocycles. The SMILES string of the molecule is C/C(=N\c1c(C)cccc1Br)c1cccc(/C(C)=N/c2c(C(C)C)cccc2C(C)C)n1. The van der Waals surface area contributed by atoms with Crippen LogP contribution in [-0.2, 0) is 0 Å². The summed E-state index contributed by atoms with van der Waals surface area (Å²) in [6, 6.07) is 18.7. The molecule has 0 aliphatic rings. The van der Waals surface area contributed by atoms with Gasteiger partial charge >= 0.3 is 0 Å². The van der Waals surface area contributed by atoms with E-state index in [4.69, 9.17) is 15.0 Å². The van der Waals surface area contributed by atoms with Crippen molar-refractivity contribution in [2.24, 2.45) is 9.98 Å². The lowest BCUT2D eigenvalue weighted by Crippen LogP contribution is -2.06. The van der Waals surface area contributed by atoms with Crippen molar-refractivity contribution >= 4 is 38.7 Å². The molecule has 0 saturated heterocycles. The van der Waals surface area contributed by atoms with Crippen LogP contribution in [0.25, 0.3) is 0 Å². The van der Waals surface area contributed by atoms with Crippen molar-refractivity contribution < 1.29 is 0 Å². The van der Waals surface area contributed by atoms with E-state index in [1.165, 1.54) is 11.1 Å². The molecule has 0 amide bonds.